The molecule has 0 spiro atoms. The van der Waals surface area contributed by atoms with Gasteiger partial charge in [0.2, 0.25) is 11.7 Å². The van der Waals surface area contributed by atoms with E-state index in [9.17, 15) is 0 Å². The van der Waals surface area contributed by atoms with Crippen LogP contribution < -0.4 is 0 Å². The highest BCUT2D eigenvalue weighted by molar-refractivity contribution is 8.13. The molecular formula is C18H14N4OS. The molecule has 118 valence electrons. The van der Waals surface area contributed by atoms with Gasteiger partial charge in [0.25, 0.3) is 0 Å². The molecular weight excluding hydrogens is 320 g/mol. The standard InChI is InChI=1S/C18H14N4OS/c1-3-7-13(8-4-1)15-11-17(21-20-15)24-12-16-19-18(22-23-16)14-9-5-2-6-10-14/h1-10H,11-12H2. The van der Waals surface area contributed by atoms with Crippen LogP contribution in [-0.4, -0.2) is 20.9 Å². The Morgan fingerprint density at radius 2 is 1.58 bits per heavy atom. The first-order chi connectivity index (χ1) is 11.9. The molecule has 0 saturated heterocycles. The van der Waals surface area contributed by atoms with Crippen LogP contribution in [0.15, 0.2) is 75.4 Å². The number of thioether (sulfide) groups is 1. The monoisotopic (exact) mass is 334 g/mol. The smallest absolute Gasteiger partial charge is 0.237 e. The Morgan fingerprint density at radius 1 is 0.875 bits per heavy atom. The zero-order valence-electron chi connectivity index (χ0n) is 12.8. The van der Waals surface area contributed by atoms with E-state index in [2.05, 4.69) is 20.3 Å². The predicted octanol–water partition coefficient (Wildman–Crippen LogP) is 4.18. The van der Waals surface area contributed by atoms with Crippen molar-refractivity contribution in [2.75, 3.05) is 0 Å². The first-order valence-electron chi connectivity index (χ1n) is 7.58. The molecule has 2 aromatic carbocycles. The van der Waals surface area contributed by atoms with E-state index in [1.807, 2.05) is 60.7 Å². The Hall–Kier alpha value is -2.73. The van der Waals surface area contributed by atoms with Crippen molar-refractivity contribution in [2.24, 2.45) is 10.2 Å². The quantitative estimate of drug-likeness (QED) is 0.718. The van der Waals surface area contributed by atoms with Crippen molar-refractivity contribution < 1.29 is 4.52 Å². The van der Waals surface area contributed by atoms with Gasteiger partial charge in [-0.1, -0.05) is 77.6 Å². The SMILES string of the molecule is c1ccc(C2=NN=C(SCc3nc(-c4ccccc4)no3)C2)cc1. The summed E-state index contributed by atoms with van der Waals surface area (Å²) < 4.78 is 5.32. The van der Waals surface area contributed by atoms with Gasteiger partial charge < -0.3 is 4.52 Å². The molecule has 1 aliphatic rings. The van der Waals surface area contributed by atoms with Gasteiger partial charge >= 0.3 is 0 Å². The lowest BCUT2D eigenvalue weighted by Gasteiger charge is -1.99. The van der Waals surface area contributed by atoms with Crippen LogP contribution >= 0.6 is 11.8 Å². The molecule has 6 heteroatoms. The molecule has 0 unspecified atom stereocenters. The van der Waals surface area contributed by atoms with Crippen LogP contribution in [0, 0.1) is 0 Å². The lowest BCUT2D eigenvalue weighted by molar-refractivity contribution is 0.392. The highest BCUT2D eigenvalue weighted by Gasteiger charge is 2.16. The Kier molecular flexibility index (Phi) is 4.20. The predicted molar refractivity (Wildman–Crippen MR) is 96.1 cm³/mol. The summed E-state index contributed by atoms with van der Waals surface area (Å²) in [4.78, 5) is 4.43. The van der Waals surface area contributed by atoms with Crippen molar-refractivity contribution in [1.82, 2.24) is 10.1 Å². The van der Waals surface area contributed by atoms with Crippen molar-refractivity contribution in [3.05, 3.63) is 72.1 Å². The minimum Gasteiger partial charge on any atom is -0.338 e. The number of nitrogens with zero attached hydrogens (tertiary/aromatic N) is 4. The number of hydrogen-bond donors (Lipinski definition) is 0. The normalized spacial score (nSPS) is 13.7. The summed E-state index contributed by atoms with van der Waals surface area (Å²) in [5.74, 6) is 1.80. The Labute approximate surface area is 143 Å². The molecule has 0 radical (unpaired) electrons. The van der Waals surface area contributed by atoms with Crippen molar-refractivity contribution in [3.63, 3.8) is 0 Å². The molecule has 1 aliphatic heterocycles. The molecule has 0 atom stereocenters. The maximum Gasteiger partial charge on any atom is 0.237 e. The van der Waals surface area contributed by atoms with E-state index in [1.54, 1.807) is 11.8 Å². The topological polar surface area (TPSA) is 63.6 Å². The van der Waals surface area contributed by atoms with E-state index in [-0.39, 0.29) is 0 Å². The molecule has 24 heavy (non-hydrogen) atoms. The second kappa shape index (κ2) is 6.80. The maximum atomic E-state index is 5.32. The Morgan fingerprint density at radius 3 is 2.33 bits per heavy atom. The van der Waals surface area contributed by atoms with E-state index < -0.39 is 0 Å². The molecule has 2 heterocycles. The van der Waals surface area contributed by atoms with Crippen LogP contribution in [0.2, 0.25) is 0 Å². The summed E-state index contributed by atoms with van der Waals surface area (Å²) in [6.07, 6.45) is 0.744. The molecule has 5 nitrogen and oxygen atoms in total. The Balaban J connectivity index is 1.35. The van der Waals surface area contributed by atoms with Gasteiger partial charge in [0, 0.05) is 12.0 Å². The van der Waals surface area contributed by atoms with Crippen molar-refractivity contribution in [1.29, 1.82) is 0 Å². The van der Waals surface area contributed by atoms with Crippen molar-refractivity contribution in [2.45, 2.75) is 12.2 Å². The van der Waals surface area contributed by atoms with E-state index >= 15 is 0 Å². The number of rotatable bonds is 4. The minimum atomic E-state index is 0.592. The van der Waals surface area contributed by atoms with Crippen LogP contribution in [-0.2, 0) is 5.75 Å². The lowest BCUT2D eigenvalue weighted by Crippen LogP contribution is -2.01. The molecule has 0 fully saturated rings. The van der Waals surface area contributed by atoms with Gasteiger partial charge in [-0.2, -0.15) is 10.1 Å². The summed E-state index contributed by atoms with van der Waals surface area (Å²) >= 11 is 1.58. The van der Waals surface area contributed by atoms with Crippen molar-refractivity contribution in [3.8, 4) is 11.4 Å². The van der Waals surface area contributed by atoms with Crippen LogP contribution in [0.1, 0.15) is 17.9 Å². The largest absolute Gasteiger partial charge is 0.338 e. The van der Waals surface area contributed by atoms with E-state index in [0.717, 1.165) is 28.3 Å². The second-order valence-corrected chi connectivity index (χ2v) is 6.30. The highest BCUT2D eigenvalue weighted by atomic mass is 32.2. The summed E-state index contributed by atoms with van der Waals surface area (Å²) in [6, 6.07) is 19.9. The van der Waals surface area contributed by atoms with Crippen LogP contribution in [0.4, 0.5) is 0 Å². The van der Waals surface area contributed by atoms with Gasteiger partial charge in [0.15, 0.2) is 0 Å². The third kappa shape index (κ3) is 3.28. The molecule has 0 amide bonds. The van der Waals surface area contributed by atoms with E-state index in [4.69, 9.17) is 4.52 Å². The lowest BCUT2D eigenvalue weighted by atomic mass is 10.1. The third-order valence-electron chi connectivity index (χ3n) is 3.57. The Bertz CT molecular complexity index is 888. The van der Waals surface area contributed by atoms with Crippen LogP contribution in [0.5, 0.6) is 0 Å². The van der Waals surface area contributed by atoms with Crippen LogP contribution in [0.3, 0.4) is 0 Å². The molecule has 1 aromatic heterocycles. The van der Waals surface area contributed by atoms with Gasteiger partial charge in [0.1, 0.15) is 5.04 Å². The van der Waals surface area contributed by atoms with E-state index in [0.29, 0.717) is 17.5 Å². The highest BCUT2D eigenvalue weighted by Crippen LogP contribution is 2.23. The molecule has 0 N–H and O–H groups in total. The summed E-state index contributed by atoms with van der Waals surface area (Å²) in [5.41, 5.74) is 3.06. The first-order valence-corrected chi connectivity index (χ1v) is 8.57. The minimum absolute atomic E-state index is 0.592. The zero-order valence-corrected chi connectivity index (χ0v) is 13.6. The summed E-state index contributed by atoms with van der Waals surface area (Å²) in [7, 11) is 0. The molecule has 0 bridgehead atoms. The maximum absolute atomic E-state index is 5.32. The van der Waals surface area contributed by atoms with Crippen molar-refractivity contribution >= 4 is 22.5 Å². The number of hydrogen-bond acceptors (Lipinski definition) is 6. The van der Waals surface area contributed by atoms with Gasteiger partial charge in [0.05, 0.1) is 11.5 Å². The van der Waals surface area contributed by atoms with Gasteiger partial charge in [-0.15, -0.1) is 5.10 Å². The second-order valence-electron chi connectivity index (χ2n) is 5.25. The number of aromatic nitrogens is 2. The fraction of sp³-hybridized carbons (Fsp3) is 0.111. The molecule has 4 rings (SSSR count). The molecule has 0 saturated carbocycles. The first kappa shape index (κ1) is 14.8. The third-order valence-corrected chi connectivity index (χ3v) is 4.52. The zero-order chi connectivity index (χ0) is 16.2. The molecule has 3 aromatic rings. The van der Waals surface area contributed by atoms with Crippen LogP contribution in [0.25, 0.3) is 11.4 Å². The summed E-state index contributed by atoms with van der Waals surface area (Å²) in [6.45, 7) is 0. The fourth-order valence-corrected chi connectivity index (χ4v) is 3.11. The molecule has 0 aliphatic carbocycles. The van der Waals surface area contributed by atoms with Gasteiger partial charge in [-0.05, 0) is 5.56 Å². The summed E-state index contributed by atoms with van der Waals surface area (Å²) in [5, 5.41) is 13.5. The van der Waals surface area contributed by atoms with Gasteiger partial charge in [-0.3, -0.25) is 0 Å². The fourth-order valence-electron chi connectivity index (χ4n) is 2.36. The average Bonchev–Trinajstić information content (AvgIpc) is 3.31. The van der Waals surface area contributed by atoms with Gasteiger partial charge in [-0.25, -0.2) is 0 Å². The number of benzene rings is 2. The average molecular weight is 334 g/mol. The van der Waals surface area contributed by atoms with E-state index in [1.165, 1.54) is 0 Å².